The molecule has 2 aliphatic heterocycles. The number of carbonyl (C=O) groups is 2. The highest BCUT2D eigenvalue weighted by Crippen LogP contribution is 2.28. The molecule has 0 aromatic heterocycles. The quantitative estimate of drug-likeness (QED) is 0.860. The Labute approximate surface area is 161 Å². The van der Waals surface area contributed by atoms with E-state index in [0.29, 0.717) is 22.7 Å². The maximum atomic E-state index is 13.2. The second kappa shape index (κ2) is 6.59. The Morgan fingerprint density at radius 1 is 1.11 bits per heavy atom. The third-order valence-electron chi connectivity index (χ3n) is 4.69. The SMILES string of the molecule is CN(C)C(=O)C1=c2ccc(Cl)cc2=C2CC=C(c3ccccc3)C(=O)N2N1. The molecular weight excluding hydrogens is 362 g/mol. The average Bonchev–Trinajstić information content (AvgIpc) is 2.67. The van der Waals surface area contributed by atoms with Gasteiger partial charge in [0.05, 0.1) is 5.70 Å². The number of fused-ring (bicyclic) bond motifs is 2. The van der Waals surface area contributed by atoms with Crippen LogP contribution in [0.15, 0.2) is 54.6 Å². The van der Waals surface area contributed by atoms with Crippen LogP contribution < -0.4 is 15.9 Å². The molecule has 6 heteroatoms. The van der Waals surface area contributed by atoms with Gasteiger partial charge in [0, 0.05) is 41.5 Å². The number of hydrogen-bond acceptors (Lipinski definition) is 3. The summed E-state index contributed by atoms with van der Waals surface area (Å²) < 4.78 is 0. The molecule has 5 nitrogen and oxygen atoms in total. The number of amides is 2. The number of rotatable bonds is 2. The highest BCUT2D eigenvalue weighted by Gasteiger charge is 2.32. The van der Waals surface area contributed by atoms with Crippen LogP contribution in [0.25, 0.3) is 17.0 Å². The second-order valence-corrected chi connectivity index (χ2v) is 7.09. The molecule has 136 valence electrons. The highest BCUT2D eigenvalue weighted by molar-refractivity contribution is 6.30. The Morgan fingerprint density at radius 3 is 2.56 bits per heavy atom. The summed E-state index contributed by atoms with van der Waals surface area (Å²) in [4.78, 5) is 27.4. The maximum absolute atomic E-state index is 13.2. The Morgan fingerprint density at radius 2 is 1.85 bits per heavy atom. The van der Waals surface area contributed by atoms with E-state index in [2.05, 4.69) is 5.43 Å². The number of likely N-dealkylation sites (N-methyl/N-ethyl adjacent to an activating group) is 1. The number of benzene rings is 2. The van der Waals surface area contributed by atoms with Gasteiger partial charge in [0.25, 0.3) is 11.8 Å². The first-order valence-corrected chi connectivity index (χ1v) is 8.96. The molecule has 2 amide bonds. The molecule has 4 rings (SSSR count). The second-order valence-electron chi connectivity index (χ2n) is 6.65. The van der Waals surface area contributed by atoms with Crippen molar-refractivity contribution in [3.8, 4) is 0 Å². The van der Waals surface area contributed by atoms with Gasteiger partial charge in [0.15, 0.2) is 0 Å². The van der Waals surface area contributed by atoms with Gasteiger partial charge < -0.3 is 4.90 Å². The molecule has 1 N–H and O–H groups in total. The smallest absolute Gasteiger partial charge is 0.276 e. The van der Waals surface area contributed by atoms with Crippen molar-refractivity contribution >= 4 is 40.4 Å². The third kappa shape index (κ3) is 2.90. The molecule has 0 saturated carbocycles. The summed E-state index contributed by atoms with van der Waals surface area (Å²) in [7, 11) is 3.36. The molecule has 2 aromatic rings. The summed E-state index contributed by atoms with van der Waals surface area (Å²) in [6.07, 6.45) is 2.48. The van der Waals surface area contributed by atoms with E-state index >= 15 is 0 Å². The summed E-state index contributed by atoms with van der Waals surface area (Å²) in [6, 6.07) is 14.9. The lowest BCUT2D eigenvalue weighted by Gasteiger charge is -2.34. The third-order valence-corrected chi connectivity index (χ3v) is 4.93. The monoisotopic (exact) mass is 379 g/mol. The van der Waals surface area contributed by atoms with Crippen LogP contribution in [0.2, 0.25) is 5.02 Å². The first-order chi connectivity index (χ1) is 13.0. The van der Waals surface area contributed by atoms with Crippen molar-refractivity contribution in [2.75, 3.05) is 14.1 Å². The van der Waals surface area contributed by atoms with E-state index in [4.69, 9.17) is 11.6 Å². The van der Waals surface area contributed by atoms with E-state index in [1.807, 2.05) is 42.5 Å². The summed E-state index contributed by atoms with van der Waals surface area (Å²) in [6.45, 7) is 0. The van der Waals surface area contributed by atoms with Crippen molar-refractivity contribution in [2.45, 2.75) is 6.42 Å². The van der Waals surface area contributed by atoms with Crippen LogP contribution in [0.4, 0.5) is 0 Å². The summed E-state index contributed by atoms with van der Waals surface area (Å²) in [5, 5.41) is 3.57. The Balaban J connectivity index is 1.92. The molecule has 2 aromatic carbocycles. The fraction of sp³-hybridized carbons (Fsp3) is 0.143. The molecule has 0 aliphatic carbocycles. The van der Waals surface area contributed by atoms with Crippen molar-refractivity contribution in [1.29, 1.82) is 0 Å². The lowest BCUT2D eigenvalue weighted by atomic mass is 9.97. The zero-order valence-electron chi connectivity index (χ0n) is 15.0. The minimum absolute atomic E-state index is 0.197. The molecule has 0 spiro atoms. The van der Waals surface area contributed by atoms with Gasteiger partial charge in [-0.25, -0.2) is 5.01 Å². The number of hydrogen-bond donors (Lipinski definition) is 1. The van der Waals surface area contributed by atoms with Crippen LogP contribution in [0.5, 0.6) is 0 Å². The molecule has 0 unspecified atom stereocenters. The highest BCUT2D eigenvalue weighted by atomic mass is 35.5. The minimum atomic E-state index is -0.207. The Kier molecular flexibility index (Phi) is 4.24. The van der Waals surface area contributed by atoms with Crippen molar-refractivity contribution < 1.29 is 9.59 Å². The fourth-order valence-electron chi connectivity index (χ4n) is 3.36. The average molecular weight is 380 g/mol. The molecule has 0 saturated heterocycles. The predicted octanol–water partition coefficient (Wildman–Crippen LogP) is 1.48. The standard InChI is InChI=1S/C21H18ClN3O2/c1-24(2)21(27)19-16-9-8-14(22)12-17(16)18-11-10-15(20(26)25(18)23-19)13-6-4-3-5-7-13/h3-10,12,23H,11H2,1-2H3. The van der Waals surface area contributed by atoms with E-state index in [-0.39, 0.29) is 11.8 Å². The molecule has 2 aliphatic rings. The van der Waals surface area contributed by atoms with Crippen LogP contribution in [-0.2, 0) is 9.59 Å². The van der Waals surface area contributed by atoms with E-state index in [0.717, 1.165) is 21.7 Å². The normalized spacial score (nSPS) is 15.6. The maximum Gasteiger partial charge on any atom is 0.276 e. The lowest BCUT2D eigenvalue weighted by Crippen LogP contribution is -2.55. The molecular formula is C21H18ClN3O2. The van der Waals surface area contributed by atoms with Gasteiger partial charge in [-0.15, -0.1) is 0 Å². The van der Waals surface area contributed by atoms with Gasteiger partial charge in [-0.3, -0.25) is 15.0 Å². The number of carbonyl (C=O) groups excluding carboxylic acids is 2. The number of nitrogens with zero attached hydrogens (tertiary/aromatic N) is 2. The number of halogens is 1. The van der Waals surface area contributed by atoms with Crippen LogP contribution in [0, 0.1) is 0 Å². The van der Waals surface area contributed by atoms with Gasteiger partial charge in [0.1, 0.15) is 5.70 Å². The van der Waals surface area contributed by atoms with Crippen LogP contribution in [-0.4, -0.2) is 35.8 Å². The molecule has 2 heterocycles. The van der Waals surface area contributed by atoms with Crippen molar-refractivity contribution in [3.63, 3.8) is 0 Å². The minimum Gasteiger partial charge on any atom is -0.343 e. The van der Waals surface area contributed by atoms with E-state index in [9.17, 15) is 9.59 Å². The summed E-state index contributed by atoms with van der Waals surface area (Å²) in [5.41, 5.74) is 5.65. The van der Waals surface area contributed by atoms with Crippen molar-refractivity contribution in [2.24, 2.45) is 0 Å². The zero-order valence-corrected chi connectivity index (χ0v) is 15.7. The first-order valence-electron chi connectivity index (χ1n) is 8.59. The van der Waals surface area contributed by atoms with Crippen LogP contribution in [0.3, 0.4) is 0 Å². The lowest BCUT2D eigenvalue weighted by molar-refractivity contribution is -0.125. The molecule has 27 heavy (non-hydrogen) atoms. The van der Waals surface area contributed by atoms with Gasteiger partial charge >= 0.3 is 0 Å². The molecule has 0 bridgehead atoms. The first kappa shape index (κ1) is 17.4. The zero-order chi connectivity index (χ0) is 19.1. The van der Waals surface area contributed by atoms with Gasteiger partial charge in [-0.05, 0) is 17.7 Å². The topological polar surface area (TPSA) is 52.7 Å². The van der Waals surface area contributed by atoms with Crippen LogP contribution >= 0.6 is 11.6 Å². The van der Waals surface area contributed by atoms with Crippen molar-refractivity contribution in [3.05, 3.63) is 75.6 Å². The van der Waals surface area contributed by atoms with E-state index < -0.39 is 0 Å². The van der Waals surface area contributed by atoms with Crippen LogP contribution in [0.1, 0.15) is 12.0 Å². The molecule has 0 radical (unpaired) electrons. The van der Waals surface area contributed by atoms with E-state index in [1.54, 1.807) is 26.2 Å². The molecule has 0 fully saturated rings. The van der Waals surface area contributed by atoms with E-state index in [1.165, 1.54) is 9.91 Å². The fourth-order valence-corrected chi connectivity index (χ4v) is 3.53. The summed E-state index contributed by atoms with van der Waals surface area (Å²) in [5.74, 6) is -0.404. The van der Waals surface area contributed by atoms with Gasteiger partial charge in [-0.1, -0.05) is 54.1 Å². The Bertz CT molecular complexity index is 1100. The van der Waals surface area contributed by atoms with Gasteiger partial charge in [0.2, 0.25) is 0 Å². The number of nitrogens with one attached hydrogen (secondary N) is 1. The molecule has 0 atom stereocenters. The largest absolute Gasteiger partial charge is 0.343 e. The van der Waals surface area contributed by atoms with Gasteiger partial charge in [-0.2, -0.15) is 0 Å². The number of hydrazine groups is 1. The Hall–Kier alpha value is -3.05. The summed E-state index contributed by atoms with van der Waals surface area (Å²) >= 11 is 6.20. The van der Waals surface area contributed by atoms with Crippen molar-refractivity contribution in [1.82, 2.24) is 15.3 Å². The predicted molar refractivity (Wildman–Crippen MR) is 105 cm³/mol.